The molecule has 1 N–H and O–H groups in total. The molecule has 0 bridgehead atoms. The number of allylic oxidation sites excluding steroid dienone is 3. The number of nitrogens with zero attached hydrogens (tertiary/aromatic N) is 3. The Kier molecular flexibility index (Phi) is 4.53. The normalized spacial score (nSPS) is 15.3. The summed E-state index contributed by atoms with van der Waals surface area (Å²) in [6, 6.07) is 9.24. The van der Waals surface area contributed by atoms with Crippen molar-refractivity contribution in [2.75, 3.05) is 0 Å². The van der Waals surface area contributed by atoms with Gasteiger partial charge in [-0.2, -0.15) is 0 Å². The zero-order valence-corrected chi connectivity index (χ0v) is 14.7. The van der Waals surface area contributed by atoms with E-state index in [9.17, 15) is 14.4 Å². The Labute approximate surface area is 149 Å². The highest BCUT2D eigenvalue weighted by molar-refractivity contribution is 6.21. The van der Waals surface area contributed by atoms with Crippen LogP contribution in [0.1, 0.15) is 12.6 Å². The summed E-state index contributed by atoms with van der Waals surface area (Å²) < 4.78 is 3.24. The molecule has 0 unspecified atom stereocenters. The van der Waals surface area contributed by atoms with Crippen LogP contribution in [0.15, 0.2) is 64.0 Å². The van der Waals surface area contributed by atoms with Crippen LogP contribution in [0, 0.1) is 6.92 Å². The minimum absolute atomic E-state index is 0.251. The van der Waals surface area contributed by atoms with E-state index in [4.69, 9.17) is 0 Å². The predicted molar refractivity (Wildman–Crippen MR) is 98.9 cm³/mol. The van der Waals surface area contributed by atoms with Crippen LogP contribution in [0.25, 0.3) is 5.69 Å². The largest absolute Gasteiger partial charge is 0.324 e. The molecule has 26 heavy (non-hydrogen) atoms. The Balaban J connectivity index is 2.13. The molecule has 0 fully saturated rings. The highest BCUT2D eigenvalue weighted by Gasteiger charge is 2.19. The SMILES string of the molecule is CC(=O)NC1=CC(=O)C=CC1=Nc1c(C)n(C)n(-c2ccccc2)c1=O. The van der Waals surface area contributed by atoms with E-state index in [1.807, 2.05) is 30.3 Å². The number of carbonyl (C=O) groups is 2. The van der Waals surface area contributed by atoms with Crippen LogP contribution < -0.4 is 10.9 Å². The van der Waals surface area contributed by atoms with Crippen molar-refractivity contribution in [1.29, 1.82) is 0 Å². The molecule has 0 spiro atoms. The molecule has 0 saturated carbocycles. The third-order valence-corrected chi connectivity index (χ3v) is 4.03. The summed E-state index contributed by atoms with van der Waals surface area (Å²) in [6.45, 7) is 3.14. The third kappa shape index (κ3) is 3.19. The first-order valence-electron chi connectivity index (χ1n) is 8.03. The van der Waals surface area contributed by atoms with E-state index in [1.165, 1.54) is 29.8 Å². The molecular weight excluding hydrogens is 332 g/mol. The van der Waals surface area contributed by atoms with E-state index < -0.39 is 0 Å². The van der Waals surface area contributed by atoms with E-state index in [2.05, 4.69) is 10.3 Å². The molecule has 7 heteroatoms. The fraction of sp³-hybridized carbons (Fsp3) is 0.158. The summed E-state index contributed by atoms with van der Waals surface area (Å²) in [4.78, 5) is 40.3. The molecule has 1 heterocycles. The van der Waals surface area contributed by atoms with Crippen LogP contribution >= 0.6 is 0 Å². The first-order chi connectivity index (χ1) is 12.4. The second kappa shape index (κ2) is 6.79. The van der Waals surface area contributed by atoms with Gasteiger partial charge in [0.25, 0.3) is 5.56 Å². The molecule has 1 aliphatic carbocycles. The van der Waals surface area contributed by atoms with Gasteiger partial charge in [-0.25, -0.2) is 9.67 Å². The van der Waals surface area contributed by atoms with Crippen molar-refractivity contribution in [1.82, 2.24) is 14.7 Å². The molecule has 0 saturated heterocycles. The zero-order chi connectivity index (χ0) is 18.8. The molecule has 1 aromatic heterocycles. The predicted octanol–water partition coefficient (Wildman–Crippen LogP) is 1.72. The van der Waals surface area contributed by atoms with Crippen molar-refractivity contribution < 1.29 is 9.59 Å². The Morgan fingerprint density at radius 1 is 1.12 bits per heavy atom. The average Bonchev–Trinajstić information content (AvgIpc) is 2.81. The number of hydrogen-bond acceptors (Lipinski definition) is 4. The van der Waals surface area contributed by atoms with Gasteiger partial charge in [-0.05, 0) is 31.2 Å². The van der Waals surface area contributed by atoms with Crippen LogP contribution in [-0.2, 0) is 16.6 Å². The summed E-state index contributed by atoms with van der Waals surface area (Å²) in [5.74, 6) is -0.572. The van der Waals surface area contributed by atoms with Gasteiger partial charge in [0, 0.05) is 20.0 Å². The molecule has 0 radical (unpaired) electrons. The lowest BCUT2D eigenvalue weighted by molar-refractivity contribution is -0.118. The smallest absolute Gasteiger partial charge is 0.297 e. The van der Waals surface area contributed by atoms with Gasteiger partial charge in [0.2, 0.25) is 5.91 Å². The maximum atomic E-state index is 12.9. The molecule has 1 aromatic carbocycles. The summed E-state index contributed by atoms with van der Waals surface area (Å²) in [5, 5.41) is 2.58. The Morgan fingerprint density at radius 3 is 2.46 bits per heavy atom. The van der Waals surface area contributed by atoms with Crippen molar-refractivity contribution in [3.05, 3.63) is 70.3 Å². The summed E-state index contributed by atoms with van der Waals surface area (Å²) in [6.07, 6.45) is 4.12. The second-order valence-electron chi connectivity index (χ2n) is 5.88. The lowest BCUT2D eigenvalue weighted by Crippen LogP contribution is -2.27. The summed E-state index contributed by atoms with van der Waals surface area (Å²) >= 11 is 0. The maximum absolute atomic E-state index is 12.9. The Morgan fingerprint density at radius 2 is 1.81 bits per heavy atom. The van der Waals surface area contributed by atoms with Crippen molar-refractivity contribution in [2.24, 2.45) is 12.0 Å². The minimum atomic E-state index is -0.321. The minimum Gasteiger partial charge on any atom is -0.324 e. The molecule has 1 aliphatic rings. The van der Waals surface area contributed by atoms with Crippen molar-refractivity contribution in [2.45, 2.75) is 13.8 Å². The number of para-hydroxylation sites is 1. The van der Waals surface area contributed by atoms with Crippen molar-refractivity contribution in [3.8, 4) is 5.69 Å². The quantitative estimate of drug-likeness (QED) is 0.855. The highest BCUT2D eigenvalue weighted by Crippen LogP contribution is 2.19. The van der Waals surface area contributed by atoms with E-state index in [0.29, 0.717) is 11.4 Å². The van der Waals surface area contributed by atoms with Crippen LogP contribution in [0.2, 0.25) is 0 Å². The van der Waals surface area contributed by atoms with Gasteiger partial charge in [-0.15, -0.1) is 0 Å². The van der Waals surface area contributed by atoms with Crippen LogP contribution in [-0.4, -0.2) is 26.8 Å². The van der Waals surface area contributed by atoms with Gasteiger partial charge in [-0.3, -0.25) is 19.1 Å². The maximum Gasteiger partial charge on any atom is 0.297 e. The molecule has 2 aromatic rings. The fourth-order valence-electron chi connectivity index (χ4n) is 2.71. The van der Waals surface area contributed by atoms with Gasteiger partial charge in [0.05, 0.1) is 22.8 Å². The van der Waals surface area contributed by atoms with Crippen LogP contribution in [0.5, 0.6) is 0 Å². The number of benzene rings is 1. The Hall–Kier alpha value is -3.48. The van der Waals surface area contributed by atoms with Crippen LogP contribution in [0.3, 0.4) is 0 Å². The molecule has 1 amide bonds. The number of carbonyl (C=O) groups excluding carboxylic acids is 2. The molecular formula is C19H18N4O3. The molecule has 0 aliphatic heterocycles. The van der Waals surface area contributed by atoms with Gasteiger partial charge in [-0.1, -0.05) is 18.2 Å². The van der Waals surface area contributed by atoms with E-state index >= 15 is 0 Å². The van der Waals surface area contributed by atoms with Gasteiger partial charge >= 0.3 is 0 Å². The highest BCUT2D eigenvalue weighted by atomic mass is 16.2. The molecule has 7 nitrogen and oxygen atoms in total. The first kappa shape index (κ1) is 17.3. The summed E-state index contributed by atoms with van der Waals surface area (Å²) in [5.41, 5.74) is 1.99. The number of hydrogen-bond donors (Lipinski definition) is 1. The second-order valence-corrected chi connectivity index (χ2v) is 5.88. The molecule has 0 atom stereocenters. The van der Waals surface area contributed by atoms with Crippen molar-refractivity contribution >= 4 is 23.1 Å². The van der Waals surface area contributed by atoms with E-state index in [0.717, 1.165) is 5.69 Å². The number of aromatic nitrogens is 2. The van der Waals surface area contributed by atoms with Gasteiger partial charge in [0.1, 0.15) is 0 Å². The topological polar surface area (TPSA) is 85.5 Å². The monoisotopic (exact) mass is 350 g/mol. The van der Waals surface area contributed by atoms with Gasteiger partial charge < -0.3 is 5.32 Å². The number of amides is 1. The summed E-state index contributed by atoms with van der Waals surface area (Å²) in [7, 11) is 1.78. The van der Waals surface area contributed by atoms with Crippen molar-refractivity contribution in [3.63, 3.8) is 0 Å². The number of rotatable bonds is 3. The molecule has 3 rings (SSSR count). The number of aliphatic imine (C=N–C) groups is 1. The Bertz CT molecular complexity index is 1040. The van der Waals surface area contributed by atoms with Crippen LogP contribution in [0.4, 0.5) is 5.69 Å². The lowest BCUT2D eigenvalue weighted by Gasteiger charge is -2.10. The lowest BCUT2D eigenvalue weighted by atomic mass is 10.1. The first-order valence-corrected chi connectivity index (χ1v) is 8.03. The number of ketones is 1. The van der Waals surface area contributed by atoms with E-state index in [1.54, 1.807) is 18.7 Å². The third-order valence-electron chi connectivity index (χ3n) is 4.03. The average molecular weight is 350 g/mol. The zero-order valence-electron chi connectivity index (χ0n) is 14.7. The standard InChI is InChI=1S/C19H18N4O3/c1-12-18(19(26)23(22(12)3)14-7-5-4-6-8-14)21-16-10-9-15(25)11-17(16)20-13(2)24/h4-11H,1-3H3,(H,20,24). The number of nitrogens with one attached hydrogen (secondary N) is 1. The van der Waals surface area contributed by atoms with Gasteiger partial charge in [0.15, 0.2) is 11.5 Å². The van der Waals surface area contributed by atoms with E-state index in [-0.39, 0.29) is 28.6 Å². The molecule has 132 valence electrons. The fourth-order valence-corrected chi connectivity index (χ4v) is 2.71.